The van der Waals surface area contributed by atoms with E-state index in [2.05, 4.69) is 0 Å². The molecule has 3 aromatic rings. The summed E-state index contributed by atoms with van der Waals surface area (Å²) < 4.78 is 19.8. The van der Waals surface area contributed by atoms with Gasteiger partial charge >= 0.3 is 0 Å². The van der Waals surface area contributed by atoms with Gasteiger partial charge in [-0.1, -0.05) is 40.9 Å². The van der Waals surface area contributed by atoms with Gasteiger partial charge in [-0.3, -0.25) is 24.1 Å². The molecule has 2 aliphatic heterocycles. The summed E-state index contributed by atoms with van der Waals surface area (Å²) in [5.41, 5.74) is 0.522. The van der Waals surface area contributed by atoms with Crippen LogP contribution in [0.3, 0.4) is 0 Å². The number of aromatic hydroxyl groups is 1. The molecule has 11 heteroatoms. The Morgan fingerprint density at radius 3 is 2.29 bits per heavy atom. The van der Waals surface area contributed by atoms with Gasteiger partial charge in [-0.15, -0.1) is 0 Å². The Bertz CT molecular complexity index is 1840. The monoisotopic (exact) mass is 648 g/mol. The van der Waals surface area contributed by atoms with Gasteiger partial charge in [-0.05, 0) is 74.2 Å². The van der Waals surface area contributed by atoms with E-state index in [0.717, 1.165) is 16.5 Å². The molecule has 0 aromatic heterocycles. The largest absolute Gasteiger partial charge is 0.508 e. The number of nitrogens with zero attached hydrogens (tertiary/aromatic N) is 2. The molecule has 7 rings (SSSR count). The predicted octanol–water partition coefficient (Wildman–Crippen LogP) is 6.28. The van der Waals surface area contributed by atoms with Crippen molar-refractivity contribution in [2.45, 2.75) is 25.7 Å². The molecule has 0 bridgehead atoms. The Kier molecular flexibility index (Phi) is 6.83. The van der Waals surface area contributed by atoms with Crippen molar-refractivity contribution in [1.29, 1.82) is 0 Å². The standard InChI is InChI=1S/C34H27Cl2FN2O6/c1-34-24(31(42)39(33(34)44)18-7-12-26(37)25(36)13-18)15-23-20(29(34)21-9-8-19(40)14-27(21)45-2)10-11-22-28(23)32(43)38(30(22)41)17-5-3-16(35)4-6-17/h3-10,12-14,22-24,28-29,40H,11,15H2,1-2H3. The van der Waals surface area contributed by atoms with Crippen molar-refractivity contribution >= 4 is 58.2 Å². The highest BCUT2D eigenvalue weighted by Gasteiger charge is 2.68. The van der Waals surface area contributed by atoms with Crippen LogP contribution in [0.4, 0.5) is 15.8 Å². The van der Waals surface area contributed by atoms with E-state index in [9.17, 15) is 28.7 Å². The molecule has 45 heavy (non-hydrogen) atoms. The maximum absolute atomic E-state index is 14.5. The topological polar surface area (TPSA) is 104 Å². The number of anilines is 2. The lowest BCUT2D eigenvalue weighted by Crippen LogP contribution is -2.49. The molecule has 0 spiro atoms. The summed E-state index contributed by atoms with van der Waals surface area (Å²) in [6.07, 6.45) is 2.34. The van der Waals surface area contributed by atoms with E-state index in [-0.39, 0.29) is 41.1 Å². The fourth-order valence-electron chi connectivity index (χ4n) is 8.01. The molecule has 4 aliphatic rings. The summed E-state index contributed by atoms with van der Waals surface area (Å²) in [5.74, 6) is -5.73. The Hall–Kier alpha value is -4.21. The molecular formula is C34H27Cl2FN2O6. The van der Waals surface area contributed by atoms with Gasteiger partial charge in [0.25, 0.3) is 0 Å². The van der Waals surface area contributed by atoms with Crippen LogP contribution in [0.2, 0.25) is 10.0 Å². The fourth-order valence-corrected chi connectivity index (χ4v) is 8.31. The molecule has 0 radical (unpaired) electrons. The number of carbonyl (C=O) groups is 4. The normalized spacial score (nSPS) is 29.0. The van der Waals surface area contributed by atoms with Gasteiger partial charge in [0.2, 0.25) is 23.6 Å². The van der Waals surface area contributed by atoms with Gasteiger partial charge in [0.1, 0.15) is 17.3 Å². The van der Waals surface area contributed by atoms with Gasteiger partial charge in [0, 0.05) is 22.6 Å². The average Bonchev–Trinajstić information content (AvgIpc) is 3.39. The molecule has 2 saturated heterocycles. The van der Waals surface area contributed by atoms with E-state index >= 15 is 0 Å². The van der Waals surface area contributed by atoms with Crippen molar-refractivity contribution in [3.05, 3.63) is 93.7 Å². The summed E-state index contributed by atoms with van der Waals surface area (Å²) in [7, 11) is 1.45. The third-order valence-corrected chi connectivity index (χ3v) is 10.6. The first-order valence-corrected chi connectivity index (χ1v) is 15.3. The van der Waals surface area contributed by atoms with Crippen molar-refractivity contribution in [3.8, 4) is 11.5 Å². The first kappa shape index (κ1) is 29.5. The second-order valence-electron chi connectivity index (χ2n) is 12.2. The van der Waals surface area contributed by atoms with Crippen molar-refractivity contribution in [2.24, 2.45) is 29.1 Å². The van der Waals surface area contributed by atoms with Gasteiger partial charge in [0.15, 0.2) is 0 Å². The number of carbonyl (C=O) groups excluding carboxylic acids is 4. The van der Waals surface area contributed by atoms with Crippen molar-refractivity contribution in [2.75, 3.05) is 16.9 Å². The number of fused-ring (bicyclic) bond motifs is 4. The smallest absolute Gasteiger partial charge is 0.241 e. The Labute approximate surface area is 268 Å². The predicted molar refractivity (Wildman–Crippen MR) is 165 cm³/mol. The number of methoxy groups -OCH3 is 1. The SMILES string of the molecule is COc1cc(O)ccc1C1C2=CCC3C(=O)N(c4ccc(Cl)cc4)C(=O)C3C2CC2C(=O)N(c3ccc(F)c(Cl)c3)C(=O)C21C. The van der Waals surface area contributed by atoms with Crippen molar-refractivity contribution < 1.29 is 33.4 Å². The molecule has 3 aromatic carbocycles. The number of amides is 4. The number of phenols is 1. The molecule has 3 fully saturated rings. The number of allylic oxidation sites excluding steroid dienone is 2. The Morgan fingerprint density at radius 2 is 1.60 bits per heavy atom. The summed E-state index contributed by atoms with van der Waals surface area (Å²) >= 11 is 12.1. The zero-order chi connectivity index (χ0) is 31.9. The molecule has 1 N–H and O–H groups in total. The van der Waals surface area contributed by atoms with Crippen LogP contribution in [0.5, 0.6) is 11.5 Å². The first-order valence-electron chi connectivity index (χ1n) is 14.5. The lowest BCUT2D eigenvalue weighted by Gasteiger charge is -2.49. The van der Waals surface area contributed by atoms with Crippen molar-refractivity contribution in [3.63, 3.8) is 0 Å². The number of imide groups is 2. The van der Waals surface area contributed by atoms with E-state index in [4.69, 9.17) is 27.9 Å². The maximum Gasteiger partial charge on any atom is 0.241 e. The van der Waals surface area contributed by atoms with Gasteiger partial charge in [0.05, 0.1) is 46.7 Å². The molecule has 1 saturated carbocycles. The lowest BCUT2D eigenvalue weighted by atomic mass is 9.51. The third kappa shape index (κ3) is 4.17. The number of halogens is 3. The van der Waals surface area contributed by atoms with Crippen LogP contribution in [-0.4, -0.2) is 35.8 Å². The number of rotatable bonds is 4. The zero-order valence-electron chi connectivity index (χ0n) is 24.2. The quantitative estimate of drug-likeness (QED) is 0.264. The molecule has 8 nitrogen and oxygen atoms in total. The number of ether oxygens (including phenoxy) is 1. The number of benzene rings is 3. The minimum atomic E-state index is -1.35. The highest BCUT2D eigenvalue weighted by atomic mass is 35.5. The highest BCUT2D eigenvalue weighted by Crippen LogP contribution is 2.64. The van der Waals surface area contributed by atoms with Crippen LogP contribution in [0, 0.1) is 34.9 Å². The minimum absolute atomic E-state index is 0.0473. The van der Waals surface area contributed by atoms with Crippen LogP contribution >= 0.6 is 23.2 Å². The molecule has 4 amide bonds. The van der Waals surface area contributed by atoms with E-state index in [1.54, 1.807) is 37.3 Å². The Morgan fingerprint density at radius 1 is 0.889 bits per heavy atom. The molecular weight excluding hydrogens is 622 g/mol. The van der Waals surface area contributed by atoms with Gasteiger partial charge in [-0.25, -0.2) is 9.29 Å². The fraction of sp³-hybridized carbons (Fsp3) is 0.294. The van der Waals surface area contributed by atoms with Crippen LogP contribution in [0.25, 0.3) is 0 Å². The van der Waals surface area contributed by atoms with Crippen LogP contribution in [0.15, 0.2) is 72.3 Å². The summed E-state index contributed by atoms with van der Waals surface area (Å²) in [6.45, 7) is 1.73. The summed E-state index contributed by atoms with van der Waals surface area (Å²) in [4.78, 5) is 58.9. The maximum atomic E-state index is 14.5. The van der Waals surface area contributed by atoms with Crippen LogP contribution in [-0.2, 0) is 19.2 Å². The average molecular weight is 650 g/mol. The molecule has 2 aliphatic carbocycles. The van der Waals surface area contributed by atoms with Crippen LogP contribution < -0.4 is 14.5 Å². The second kappa shape index (κ2) is 10.4. The van der Waals surface area contributed by atoms with E-state index in [1.807, 2.05) is 6.08 Å². The minimum Gasteiger partial charge on any atom is -0.508 e. The van der Waals surface area contributed by atoms with E-state index in [1.165, 1.54) is 36.3 Å². The van der Waals surface area contributed by atoms with Crippen molar-refractivity contribution in [1.82, 2.24) is 0 Å². The van der Waals surface area contributed by atoms with E-state index in [0.29, 0.717) is 22.0 Å². The Balaban J connectivity index is 1.38. The molecule has 6 atom stereocenters. The number of hydrogen-bond acceptors (Lipinski definition) is 6. The number of hydrogen-bond donors (Lipinski definition) is 1. The van der Waals surface area contributed by atoms with Gasteiger partial charge in [-0.2, -0.15) is 0 Å². The summed E-state index contributed by atoms with van der Waals surface area (Å²) in [6, 6.07) is 14.7. The zero-order valence-corrected chi connectivity index (χ0v) is 25.7. The van der Waals surface area contributed by atoms with E-state index < -0.39 is 52.6 Å². The molecule has 6 unspecified atom stereocenters. The highest BCUT2D eigenvalue weighted by molar-refractivity contribution is 6.32. The molecule has 2 heterocycles. The number of phenolic OH excluding ortho intramolecular Hbond substituents is 1. The lowest BCUT2D eigenvalue weighted by molar-refractivity contribution is -0.131. The van der Waals surface area contributed by atoms with Gasteiger partial charge < -0.3 is 9.84 Å². The van der Waals surface area contributed by atoms with Crippen LogP contribution in [0.1, 0.15) is 31.2 Å². The first-order chi connectivity index (χ1) is 21.5. The third-order valence-electron chi connectivity index (χ3n) is 10.0. The molecule has 230 valence electrons. The second-order valence-corrected chi connectivity index (χ2v) is 13.0. The summed E-state index contributed by atoms with van der Waals surface area (Å²) in [5, 5.41) is 10.5.